The van der Waals surface area contributed by atoms with E-state index >= 15 is 0 Å². The average molecular weight is 190 g/mol. The highest BCUT2D eigenvalue weighted by Gasteiger charge is 2.29. The maximum Gasteiger partial charge on any atom is 0.0867 e. The molecule has 0 aliphatic carbocycles. The first-order valence-corrected chi connectivity index (χ1v) is 4.51. The van der Waals surface area contributed by atoms with Crippen LogP contribution in [-0.2, 0) is 14.2 Å². The largest absolute Gasteiger partial charge is 0.382 e. The Labute approximate surface area is 81.4 Å². The van der Waals surface area contributed by atoms with E-state index in [1.807, 2.05) is 27.7 Å². The Balaban J connectivity index is 4.07. The van der Waals surface area contributed by atoms with Crippen molar-refractivity contribution in [2.24, 2.45) is 0 Å². The van der Waals surface area contributed by atoms with Gasteiger partial charge in [-0.25, -0.2) is 0 Å². The summed E-state index contributed by atoms with van der Waals surface area (Å²) in [6.45, 7) is 9.20. The molecule has 0 rings (SSSR count). The molecule has 0 aromatic carbocycles. The van der Waals surface area contributed by atoms with E-state index < -0.39 is 0 Å². The Hall–Kier alpha value is -0.120. The van der Waals surface area contributed by atoms with E-state index in [0.29, 0.717) is 13.2 Å². The zero-order valence-corrected chi connectivity index (χ0v) is 9.64. The Morgan fingerprint density at radius 2 is 1.08 bits per heavy atom. The van der Waals surface area contributed by atoms with Crippen molar-refractivity contribution < 1.29 is 14.2 Å². The van der Waals surface area contributed by atoms with Crippen molar-refractivity contribution in [2.45, 2.75) is 38.9 Å². The van der Waals surface area contributed by atoms with Crippen LogP contribution < -0.4 is 0 Å². The predicted octanol–water partition coefficient (Wildman–Crippen LogP) is 1.85. The summed E-state index contributed by atoms with van der Waals surface area (Å²) in [6.07, 6.45) is 0. The maximum atomic E-state index is 5.86. The van der Waals surface area contributed by atoms with Gasteiger partial charge >= 0.3 is 0 Å². The van der Waals surface area contributed by atoms with E-state index in [1.165, 1.54) is 0 Å². The Kier molecular flexibility index (Phi) is 4.89. The van der Waals surface area contributed by atoms with Crippen molar-refractivity contribution in [3.05, 3.63) is 0 Å². The number of rotatable bonds is 6. The fraction of sp³-hybridized carbons (Fsp3) is 1.00. The first-order chi connectivity index (χ1) is 5.83. The molecule has 0 atom stereocenters. The number of hydrogen-bond acceptors (Lipinski definition) is 3. The van der Waals surface area contributed by atoms with Crippen molar-refractivity contribution in [3.63, 3.8) is 0 Å². The standard InChI is InChI=1S/C10H22O3/c1-9(2,7-11-5)13-10(3,4)8-12-6/h7-8H2,1-6H3. The number of ether oxygens (including phenoxy) is 3. The van der Waals surface area contributed by atoms with Crippen LogP contribution in [0.15, 0.2) is 0 Å². The number of hydrogen-bond donors (Lipinski definition) is 0. The summed E-state index contributed by atoms with van der Waals surface area (Å²) in [5.41, 5.74) is -0.534. The molecule has 0 unspecified atom stereocenters. The lowest BCUT2D eigenvalue weighted by Gasteiger charge is -2.35. The molecule has 0 saturated heterocycles. The van der Waals surface area contributed by atoms with Crippen LogP contribution in [-0.4, -0.2) is 38.6 Å². The van der Waals surface area contributed by atoms with Crippen LogP contribution in [0.2, 0.25) is 0 Å². The van der Waals surface area contributed by atoms with Gasteiger partial charge in [0.1, 0.15) is 0 Å². The minimum Gasteiger partial charge on any atom is -0.382 e. The van der Waals surface area contributed by atoms with E-state index in [-0.39, 0.29) is 11.2 Å². The van der Waals surface area contributed by atoms with Gasteiger partial charge < -0.3 is 14.2 Å². The normalized spacial score (nSPS) is 13.4. The molecule has 0 N–H and O–H groups in total. The Bertz CT molecular complexity index is 125. The summed E-state index contributed by atoms with van der Waals surface area (Å²) in [7, 11) is 3.35. The van der Waals surface area contributed by atoms with Crippen molar-refractivity contribution in [3.8, 4) is 0 Å². The van der Waals surface area contributed by atoms with Crippen molar-refractivity contribution in [1.82, 2.24) is 0 Å². The van der Waals surface area contributed by atoms with Gasteiger partial charge in [-0.05, 0) is 27.7 Å². The van der Waals surface area contributed by atoms with E-state index in [1.54, 1.807) is 14.2 Å². The summed E-state index contributed by atoms with van der Waals surface area (Å²) in [5, 5.41) is 0. The van der Waals surface area contributed by atoms with Gasteiger partial charge in [0.25, 0.3) is 0 Å². The van der Waals surface area contributed by atoms with Gasteiger partial charge in [-0.3, -0.25) is 0 Å². The third-order valence-corrected chi connectivity index (χ3v) is 1.54. The van der Waals surface area contributed by atoms with Crippen LogP contribution in [0, 0.1) is 0 Å². The summed E-state index contributed by atoms with van der Waals surface area (Å²) >= 11 is 0. The zero-order chi connectivity index (χ0) is 10.5. The molecule has 0 bridgehead atoms. The van der Waals surface area contributed by atoms with E-state index in [9.17, 15) is 0 Å². The molecule has 0 aromatic heterocycles. The smallest absolute Gasteiger partial charge is 0.0867 e. The van der Waals surface area contributed by atoms with Crippen LogP contribution in [0.4, 0.5) is 0 Å². The Morgan fingerprint density at radius 1 is 0.769 bits per heavy atom. The molecular formula is C10H22O3. The topological polar surface area (TPSA) is 27.7 Å². The third-order valence-electron chi connectivity index (χ3n) is 1.54. The average Bonchev–Trinajstić information content (AvgIpc) is 1.82. The van der Waals surface area contributed by atoms with Gasteiger partial charge in [0.2, 0.25) is 0 Å². The molecule has 13 heavy (non-hydrogen) atoms. The molecule has 0 saturated carbocycles. The first kappa shape index (κ1) is 12.9. The molecule has 0 aliphatic rings. The second-order valence-corrected chi connectivity index (χ2v) is 4.49. The molecule has 0 heterocycles. The zero-order valence-electron chi connectivity index (χ0n) is 9.64. The van der Waals surface area contributed by atoms with Crippen LogP contribution in [0.1, 0.15) is 27.7 Å². The number of methoxy groups -OCH3 is 2. The van der Waals surface area contributed by atoms with E-state index in [2.05, 4.69) is 0 Å². The van der Waals surface area contributed by atoms with Crippen LogP contribution >= 0.6 is 0 Å². The fourth-order valence-electron chi connectivity index (χ4n) is 1.50. The highest BCUT2D eigenvalue weighted by molar-refractivity contribution is 4.76. The van der Waals surface area contributed by atoms with E-state index in [0.717, 1.165) is 0 Å². The molecule has 0 amide bonds. The fourth-order valence-corrected chi connectivity index (χ4v) is 1.50. The van der Waals surface area contributed by atoms with E-state index in [4.69, 9.17) is 14.2 Å². The monoisotopic (exact) mass is 190 g/mol. The quantitative estimate of drug-likeness (QED) is 0.639. The van der Waals surface area contributed by atoms with Crippen molar-refractivity contribution >= 4 is 0 Å². The van der Waals surface area contributed by atoms with Gasteiger partial charge in [-0.2, -0.15) is 0 Å². The van der Waals surface area contributed by atoms with Crippen LogP contribution in [0.5, 0.6) is 0 Å². The molecule has 0 spiro atoms. The van der Waals surface area contributed by atoms with Crippen molar-refractivity contribution in [2.75, 3.05) is 27.4 Å². The molecular weight excluding hydrogens is 168 g/mol. The Morgan fingerprint density at radius 3 is 1.31 bits per heavy atom. The molecule has 80 valence electrons. The predicted molar refractivity (Wildman–Crippen MR) is 53.0 cm³/mol. The molecule has 0 aliphatic heterocycles. The van der Waals surface area contributed by atoms with Gasteiger partial charge in [0, 0.05) is 14.2 Å². The summed E-state index contributed by atoms with van der Waals surface area (Å²) < 4.78 is 16.0. The summed E-state index contributed by atoms with van der Waals surface area (Å²) in [5.74, 6) is 0. The highest BCUT2D eigenvalue weighted by atomic mass is 16.6. The lowest BCUT2D eigenvalue weighted by molar-refractivity contribution is -0.165. The molecule has 3 heteroatoms. The molecule has 0 aromatic rings. The maximum absolute atomic E-state index is 5.86. The lowest BCUT2D eigenvalue weighted by Crippen LogP contribution is -2.42. The SMILES string of the molecule is COCC(C)(C)OC(C)(C)COC. The molecule has 3 nitrogen and oxygen atoms in total. The second-order valence-electron chi connectivity index (χ2n) is 4.49. The third kappa shape index (κ3) is 6.02. The second kappa shape index (κ2) is 4.94. The minimum atomic E-state index is -0.267. The molecule has 0 fully saturated rings. The molecule has 0 radical (unpaired) electrons. The summed E-state index contributed by atoms with van der Waals surface area (Å²) in [6, 6.07) is 0. The van der Waals surface area contributed by atoms with Crippen LogP contribution in [0.3, 0.4) is 0 Å². The van der Waals surface area contributed by atoms with Crippen molar-refractivity contribution in [1.29, 1.82) is 0 Å². The van der Waals surface area contributed by atoms with Gasteiger partial charge in [-0.1, -0.05) is 0 Å². The summed E-state index contributed by atoms with van der Waals surface area (Å²) in [4.78, 5) is 0. The first-order valence-electron chi connectivity index (χ1n) is 4.51. The highest BCUT2D eigenvalue weighted by Crippen LogP contribution is 2.20. The van der Waals surface area contributed by atoms with Gasteiger partial charge in [-0.15, -0.1) is 0 Å². The lowest BCUT2D eigenvalue weighted by atomic mass is 10.1. The minimum absolute atomic E-state index is 0.267. The van der Waals surface area contributed by atoms with Gasteiger partial charge in [0.15, 0.2) is 0 Å². The van der Waals surface area contributed by atoms with Crippen LogP contribution in [0.25, 0.3) is 0 Å². The van der Waals surface area contributed by atoms with Gasteiger partial charge in [0.05, 0.1) is 24.4 Å².